The number of hydrogen-bond acceptors (Lipinski definition) is 3. The van der Waals surface area contributed by atoms with Crippen molar-refractivity contribution in [2.24, 2.45) is 0 Å². The Morgan fingerprint density at radius 2 is 2.06 bits per heavy atom. The lowest BCUT2D eigenvalue weighted by molar-refractivity contribution is 0.0617. The van der Waals surface area contributed by atoms with E-state index in [2.05, 4.69) is 6.92 Å². The zero-order valence-corrected chi connectivity index (χ0v) is 11.8. The van der Waals surface area contributed by atoms with Crippen LogP contribution in [0.15, 0.2) is 18.2 Å². The molecule has 4 heteroatoms. The van der Waals surface area contributed by atoms with Crippen molar-refractivity contribution >= 4 is 11.6 Å². The molecule has 0 aliphatic carbocycles. The van der Waals surface area contributed by atoms with Crippen LogP contribution in [0.1, 0.15) is 37.6 Å². The highest BCUT2D eigenvalue weighted by Gasteiger charge is 2.28. The van der Waals surface area contributed by atoms with Crippen LogP contribution in [0.4, 0.5) is 5.69 Å². The number of carbonyl (C=O) groups excluding carboxylic acids is 1. The standard InChI is InChI=1S/C14H22N2O2/c1-6-14(2,3)16(4)13(17)10-8-7-9-11(15)12(10)18-5/h7-9H,6,15H2,1-5H3. The van der Waals surface area contributed by atoms with Crippen molar-refractivity contribution in [3.05, 3.63) is 23.8 Å². The summed E-state index contributed by atoms with van der Waals surface area (Å²) >= 11 is 0. The largest absolute Gasteiger partial charge is 0.494 e. The van der Waals surface area contributed by atoms with Gasteiger partial charge in [-0.05, 0) is 32.4 Å². The van der Waals surface area contributed by atoms with E-state index in [1.54, 1.807) is 30.1 Å². The zero-order valence-electron chi connectivity index (χ0n) is 11.8. The Kier molecular flexibility index (Phi) is 4.22. The molecule has 0 saturated carbocycles. The van der Waals surface area contributed by atoms with Gasteiger partial charge in [0.25, 0.3) is 5.91 Å². The normalized spacial score (nSPS) is 11.2. The lowest BCUT2D eigenvalue weighted by Crippen LogP contribution is -2.44. The van der Waals surface area contributed by atoms with Gasteiger partial charge in [0.1, 0.15) is 0 Å². The van der Waals surface area contributed by atoms with E-state index >= 15 is 0 Å². The number of nitrogens with two attached hydrogens (primary N) is 1. The molecule has 0 spiro atoms. The highest BCUT2D eigenvalue weighted by molar-refractivity contribution is 5.98. The smallest absolute Gasteiger partial charge is 0.257 e. The summed E-state index contributed by atoms with van der Waals surface area (Å²) in [7, 11) is 3.32. The molecule has 0 unspecified atom stereocenters. The molecule has 0 aromatic heterocycles. The molecule has 0 atom stereocenters. The summed E-state index contributed by atoms with van der Waals surface area (Å²) < 4.78 is 5.22. The molecule has 1 rings (SSSR count). The Morgan fingerprint density at radius 1 is 1.44 bits per heavy atom. The minimum atomic E-state index is -0.202. The van der Waals surface area contributed by atoms with E-state index in [0.29, 0.717) is 17.0 Å². The summed E-state index contributed by atoms with van der Waals surface area (Å²) in [5.74, 6) is 0.368. The molecule has 0 heterocycles. The number of benzene rings is 1. The fourth-order valence-electron chi connectivity index (χ4n) is 1.64. The van der Waals surface area contributed by atoms with Crippen molar-refractivity contribution in [3.63, 3.8) is 0 Å². The molecule has 18 heavy (non-hydrogen) atoms. The summed E-state index contributed by atoms with van der Waals surface area (Å²) in [6, 6.07) is 5.22. The second kappa shape index (κ2) is 5.29. The lowest BCUT2D eigenvalue weighted by Gasteiger charge is -2.35. The van der Waals surface area contributed by atoms with Crippen molar-refractivity contribution in [3.8, 4) is 5.75 Å². The van der Waals surface area contributed by atoms with Crippen LogP contribution in [0.5, 0.6) is 5.75 Å². The number of carbonyl (C=O) groups is 1. The number of nitrogen functional groups attached to an aromatic ring is 1. The zero-order chi connectivity index (χ0) is 13.9. The number of amides is 1. The molecule has 4 nitrogen and oxygen atoms in total. The predicted octanol–water partition coefficient (Wildman–Crippen LogP) is 2.54. The van der Waals surface area contributed by atoms with Gasteiger partial charge >= 0.3 is 0 Å². The van der Waals surface area contributed by atoms with Crippen LogP contribution in [0.25, 0.3) is 0 Å². The monoisotopic (exact) mass is 250 g/mol. The number of ether oxygens (including phenoxy) is 1. The fourth-order valence-corrected chi connectivity index (χ4v) is 1.64. The fraction of sp³-hybridized carbons (Fsp3) is 0.500. The average molecular weight is 250 g/mol. The van der Waals surface area contributed by atoms with E-state index in [-0.39, 0.29) is 11.4 Å². The maximum absolute atomic E-state index is 12.5. The third-order valence-electron chi connectivity index (χ3n) is 3.56. The Labute approximate surface area is 109 Å². The van der Waals surface area contributed by atoms with Crippen molar-refractivity contribution in [2.75, 3.05) is 19.9 Å². The van der Waals surface area contributed by atoms with Crippen LogP contribution in [0, 0.1) is 0 Å². The van der Waals surface area contributed by atoms with E-state index in [0.717, 1.165) is 6.42 Å². The van der Waals surface area contributed by atoms with Crippen molar-refractivity contribution in [2.45, 2.75) is 32.7 Å². The molecule has 1 aromatic carbocycles. The van der Waals surface area contributed by atoms with Gasteiger partial charge in [-0.25, -0.2) is 0 Å². The Balaban J connectivity index is 3.16. The van der Waals surface area contributed by atoms with Crippen LogP contribution in [0.3, 0.4) is 0 Å². The molecule has 1 amide bonds. The number of nitrogens with zero attached hydrogens (tertiary/aromatic N) is 1. The van der Waals surface area contributed by atoms with Gasteiger partial charge in [-0.1, -0.05) is 13.0 Å². The summed E-state index contributed by atoms with van der Waals surface area (Å²) in [6.07, 6.45) is 0.875. The van der Waals surface area contributed by atoms with E-state index in [9.17, 15) is 4.79 Å². The van der Waals surface area contributed by atoms with Gasteiger partial charge in [0.15, 0.2) is 5.75 Å². The van der Waals surface area contributed by atoms with Gasteiger partial charge < -0.3 is 15.4 Å². The summed E-state index contributed by atoms with van der Waals surface area (Å²) in [4.78, 5) is 14.2. The van der Waals surface area contributed by atoms with Gasteiger partial charge in [-0.15, -0.1) is 0 Å². The Hall–Kier alpha value is -1.71. The second-order valence-corrected chi connectivity index (χ2v) is 4.96. The first-order valence-corrected chi connectivity index (χ1v) is 6.05. The van der Waals surface area contributed by atoms with Gasteiger partial charge in [0.2, 0.25) is 0 Å². The number of methoxy groups -OCH3 is 1. The third kappa shape index (κ3) is 2.58. The first-order valence-electron chi connectivity index (χ1n) is 6.05. The van der Waals surface area contributed by atoms with Crippen LogP contribution >= 0.6 is 0 Å². The first-order chi connectivity index (χ1) is 8.35. The van der Waals surface area contributed by atoms with Crippen LogP contribution < -0.4 is 10.5 Å². The van der Waals surface area contributed by atoms with Crippen molar-refractivity contribution in [1.29, 1.82) is 0 Å². The molecule has 0 bridgehead atoms. The summed E-state index contributed by atoms with van der Waals surface area (Å²) in [5.41, 5.74) is 6.59. The highest BCUT2D eigenvalue weighted by Crippen LogP contribution is 2.29. The second-order valence-electron chi connectivity index (χ2n) is 4.96. The lowest BCUT2D eigenvalue weighted by atomic mass is 9.98. The Bertz CT molecular complexity index is 441. The maximum atomic E-state index is 12.5. The molecule has 0 radical (unpaired) electrons. The van der Waals surface area contributed by atoms with Crippen LogP contribution in [0.2, 0.25) is 0 Å². The summed E-state index contributed by atoms with van der Waals surface area (Å²) in [6.45, 7) is 6.12. The molecule has 100 valence electrons. The maximum Gasteiger partial charge on any atom is 0.257 e. The number of rotatable bonds is 4. The van der Waals surface area contributed by atoms with Gasteiger partial charge in [-0.2, -0.15) is 0 Å². The average Bonchev–Trinajstić information content (AvgIpc) is 2.36. The number of hydrogen-bond donors (Lipinski definition) is 1. The summed E-state index contributed by atoms with van der Waals surface area (Å²) in [5, 5.41) is 0. The molecule has 0 aliphatic heterocycles. The van der Waals surface area contributed by atoms with Crippen molar-refractivity contribution in [1.82, 2.24) is 4.90 Å². The Morgan fingerprint density at radius 3 is 2.56 bits per heavy atom. The van der Waals surface area contributed by atoms with E-state index in [4.69, 9.17) is 10.5 Å². The van der Waals surface area contributed by atoms with Gasteiger partial charge in [-0.3, -0.25) is 4.79 Å². The third-order valence-corrected chi connectivity index (χ3v) is 3.56. The molecule has 0 aliphatic rings. The van der Waals surface area contributed by atoms with E-state index in [1.165, 1.54) is 7.11 Å². The topological polar surface area (TPSA) is 55.6 Å². The minimum Gasteiger partial charge on any atom is -0.494 e. The molecule has 1 aromatic rings. The number of anilines is 1. The SMILES string of the molecule is CCC(C)(C)N(C)C(=O)c1cccc(N)c1OC. The number of para-hydroxylation sites is 1. The molecule has 2 N–H and O–H groups in total. The van der Waals surface area contributed by atoms with Gasteiger partial charge in [0, 0.05) is 12.6 Å². The molecule has 0 fully saturated rings. The highest BCUT2D eigenvalue weighted by atomic mass is 16.5. The quantitative estimate of drug-likeness (QED) is 0.835. The predicted molar refractivity (Wildman–Crippen MR) is 73.9 cm³/mol. The molecular weight excluding hydrogens is 228 g/mol. The molecular formula is C14H22N2O2. The van der Waals surface area contributed by atoms with Crippen LogP contribution in [-0.4, -0.2) is 30.5 Å². The van der Waals surface area contributed by atoms with Gasteiger partial charge in [0.05, 0.1) is 18.4 Å². The van der Waals surface area contributed by atoms with E-state index < -0.39 is 0 Å². The van der Waals surface area contributed by atoms with Crippen LogP contribution in [-0.2, 0) is 0 Å². The molecule has 0 saturated heterocycles. The first kappa shape index (κ1) is 14.4. The van der Waals surface area contributed by atoms with Crippen molar-refractivity contribution < 1.29 is 9.53 Å². The van der Waals surface area contributed by atoms with E-state index in [1.807, 2.05) is 13.8 Å². The minimum absolute atomic E-state index is 0.0778.